The fourth-order valence-electron chi connectivity index (χ4n) is 0.658. The van der Waals surface area contributed by atoms with Crippen molar-refractivity contribution in [2.75, 3.05) is 5.73 Å². The predicted octanol–water partition coefficient (Wildman–Crippen LogP) is 1.87. The molecule has 0 unspecified atom stereocenters. The van der Waals surface area contributed by atoms with E-state index in [0.29, 0.717) is 0 Å². The molecule has 1 aromatic rings. The molecule has 0 spiro atoms. The monoisotopic (exact) mass is 200 g/mol. The first-order valence-corrected chi connectivity index (χ1v) is 4.13. The topological polar surface area (TPSA) is 38.9 Å². The van der Waals surface area contributed by atoms with E-state index in [1.165, 1.54) is 0 Å². The lowest BCUT2D eigenvalue weighted by molar-refractivity contribution is 1.16. The Labute approximate surface area is 68.6 Å². The first-order valence-electron chi connectivity index (χ1n) is 3.01. The molecular formula is C7H9BrN2. The maximum absolute atomic E-state index is 5.64. The highest BCUT2D eigenvalue weighted by molar-refractivity contribution is 9.08. The first-order chi connectivity index (χ1) is 4.74. The minimum atomic E-state index is 0.761. The van der Waals surface area contributed by atoms with Crippen molar-refractivity contribution >= 4 is 21.6 Å². The smallest absolute Gasteiger partial charge is 0.0529 e. The van der Waals surface area contributed by atoms with Crippen molar-refractivity contribution in [3.63, 3.8) is 0 Å². The van der Waals surface area contributed by atoms with Crippen LogP contribution < -0.4 is 5.73 Å². The number of anilines is 1. The first kappa shape index (κ1) is 7.54. The van der Waals surface area contributed by atoms with Gasteiger partial charge >= 0.3 is 0 Å². The minimum absolute atomic E-state index is 0.761. The number of pyridine rings is 1. The summed E-state index contributed by atoms with van der Waals surface area (Å²) in [4.78, 5) is 4.13. The number of alkyl halides is 1. The van der Waals surface area contributed by atoms with E-state index in [1.54, 1.807) is 6.20 Å². The summed E-state index contributed by atoms with van der Waals surface area (Å²) in [6, 6.07) is 1.88. The molecule has 0 saturated carbocycles. The predicted molar refractivity (Wildman–Crippen MR) is 46.0 cm³/mol. The molecule has 2 nitrogen and oxygen atoms in total. The second-order valence-electron chi connectivity index (χ2n) is 2.17. The molecule has 1 aromatic heterocycles. The molecule has 54 valence electrons. The quantitative estimate of drug-likeness (QED) is 0.704. The number of hydrogen-bond acceptors (Lipinski definition) is 2. The number of nitrogen functional groups attached to an aromatic ring is 1. The normalized spacial score (nSPS) is 9.80. The summed E-state index contributed by atoms with van der Waals surface area (Å²) in [5, 5.41) is 0.761. The molecule has 3 heteroatoms. The van der Waals surface area contributed by atoms with Crippen molar-refractivity contribution in [3.8, 4) is 0 Å². The highest BCUT2D eigenvalue weighted by Crippen LogP contribution is 2.11. The number of halogens is 1. The lowest BCUT2D eigenvalue weighted by Gasteiger charge is -1.99. The van der Waals surface area contributed by atoms with Gasteiger partial charge in [0.25, 0.3) is 0 Å². The summed E-state index contributed by atoms with van der Waals surface area (Å²) in [5.74, 6) is 0. The van der Waals surface area contributed by atoms with Gasteiger partial charge in [0.2, 0.25) is 0 Å². The zero-order valence-electron chi connectivity index (χ0n) is 5.76. The van der Waals surface area contributed by atoms with Crippen LogP contribution in [0.1, 0.15) is 11.3 Å². The molecule has 0 bridgehead atoms. The van der Waals surface area contributed by atoms with Crippen molar-refractivity contribution in [1.82, 2.24) is 4.98 Å². The van der Waals surface area contributed by atoms with E-state index in [4.69, 9.17) is 5.73 Å². The number of aryl methyl sites for hydroxylation is 1. The van der Waals surface area contributed by atoms with Gasteiger partial charge in [-0.15, -0.1) is 0 Å². The lowest BCUT2D eigenvalue weighted by atomic mass is 10.2. The van der Waals surface area contributed by atoms with Crippen LogP contribution in [-0.2, 0) is 5.33 Å². The molecular weight excluding hydrogens is 192 g/mol. The van der Waals surface area contributed by atoms with Crippen LogP contribution in [0.4, 0.5) is 5.69 Å². The molecule has 1 rings (SSSR count). The van der Waals surface area contributed by atoms with Crippen LogP contribution >= 0.6 is 15.9 Å². The van der Waals surface area contributed by atoms with Gasteiger partial charge in [0.1, 0.15) is 0 Å². The number of nitrogens with two attached hydrogens (primary N) is 1. The van der Waals surface area contributed by atoms with Crippen molar-refractivity contribution < 1.29 is 0 Å². The van der Waals surface area contributed by atoms with Gasteiger partial charge in [-0.05, 0) is 18.6 Å². The van der Waals surface area contributed by atoms with E-state index in [9.17, 15) is 0 Å². The third kappa shape index (κ3) is 1.48. The fraction of sp³-hybridized carbons (Fsp3) is 0.286. The summed E-state index contributed by atoms with van der Waals surface area (Å²) in [6.45, 7) is 1.94. The number of nitrogens with zero attached hydrogens (tertiary/aromatic N) is 1. The molecule has 0 aliphatic rings. The molecule has 0 amide bonds. The van der Waals surface area contributed by atoms with Gasteiger partial charge in [-0.2, -0.15) is 0 Å². The molecule has 0 aliphatic heterocycles. The minimum Gasteiger partial charge on any atom is -0.398 e. The van der Waals surface area contributed by atoms with Gasteiger partial charge in [0.05, 0.1) is 5.69 Å². The SMILES string of the molecule is Cc1cnc(CBr)cc1N. The molecule has 0 saturated heterocycles. The van der Waals surface area contributed by atoms with E-state index in [0.717, 1.165) is 22.3 Å². The van der Waals surface area contributed by atoms with E-state index in [2.05, 4.69) is 20.9 Å². The standard InChI is InChI=1S/C7H9BrN2/c1-5-4-10-6(3-8)2-7(5)9/h2,4H,3H2,1H3,(H2,9,10). The molecule has 2 N–H and O–H groups in total. The highest BCUT2D eigenvalue weighted by Gasteiger charge is 1.94. The van der Waals surface area contributed by atoms with Crippen molar-refractivity contribution in [2.45, 2.75) is 12.3 Å². The maximum Gasteiger partial charge on any atom is 0.0529 e. The van der Waals surface area contributed by atoms with Gasteiger partial charge < -0.3 is 5.73 Å². The van der Waals surface area contributed by atoms with Crippen LogP contribution in [0.15, 0.2) is 12.3 Å². The van der Waals surface area contributed by atoms with E-state index < -0.39 is 0 Å². The molecule has 0 aliphatic carbocycles. The largest absolute Gasteiger partial charge is 0.398 e. The van der Waals surface area contributed by atoms with Crippen molar-refractivity contribution in [2.24, 2.45) is 0 Å². The molecule has 0 fully saturated rings. The lowest BCUT2D eigenvalue weighted by Crippen LogP contribution is -1.93. The average molecular weight is 201 g/mol. The summed E-state index contributed by atoms with van der Waals surface area (Å²) in [5.41, 5.74) is 8.45. The van der Waals surface area contributed by atoms with Gasteiger partial charge in [-0.25, -0.2) is 0 Å². The third-order valence-corrected chi connectivity index (χ3v) is 1.91. The van der Waals surface area contributed by atoms with Gasteiger partial charge in [-0.3, -0.25) is 4.98 Å². The second-order valence-corrected chi connectivity index (χ2v) is 2.73. The number of aromatic nitrogens is 1. The zero-order chi connectivity index (χ0) is 7.56. The second kappa shape index (κ2) is 3.01. The summed E-state index contributed by atoms with van der Waals surface area (Å²) in [7, 11) is 0. The average Bonchev–Trinajstić information content (AvgIpc) is 1.95. The fourth-order valence-corrected chi connectivity index (χ4v) is 0.965. The summed E-state index contributed by atoms with van der Waals surface area (Å²) < 4.78 is 0. The Kier molecular flexibility index (Phi) is 2.27. The Bertz CT molecular complexity index is 235. The van der Waals surface area contributed by atoms with Crippen LogP contribution in [0.5, 0.6) is 0 Å². The molecule has 0 radical (unpaired) electrons. The molecule has 10 heavy (non-hydrogen) atoms. The van der Waals surface area contributed by atoms with Crippen LogP contribution in [0.25, 0.3) is 0 Å². The van der Waals surface area contributed by atoms with Crippen LogP contribution in [0.2, 0.25) is 0 Å². The van der Waals surface area contributed by atoms with Crippen LogP contribution in [0, 0.1) is 6.92 Å². The van der Waals surface area contributed by atoms with Crippen molar-refractivity contribution in [1.29, 1.82) is 0 Å². The summed E-state index contributed by atoms with van der Waals surface area (Å²) in [6.07, 6.45) is 1.78. The Balaban J connectivity index is 3.04. The molecule has 0 aromatic carbocycles. The van der Waals surface area contributed by atoms with Crippen LogP contribution in [0.3, 0.4) is 0 Å². The Morgan fingerprint density at radius 2 is 2.40 bits per heavy atom. The molecule has 1 heterocycles. The number of hydrogen-bond donors (Lipinski definition) is 1. The highest BCUT2D eigenvalue weighted by atomic mass is 79.9. The van der Waals surface area contributed by atoms with E-state index in [-0.39, 0.29) is 0 Å². The van der Waals surface area contributed by atoms with Crippen LogP contribution in [-0.4, -0.2) is 4.98 Å². The molecule has 0 atom stereocenters. The third-order valence-electron chi connectivity index (χ3n) is 1.34. The number of rotatable bonds is 1. The van der Waals surface area contributed by atoms with Gasteiger partial charge in [0, 0.05) is 17.2 Å². The van der Waals surface area contributed by atoms with E-state index >= 15 is 0 Å². The van der Waals surface area contributed by atoms with Gasteiger partial charge in [0.15, 0.2) is 0 Å². The van der Waals surface area contributed by atoms with Gasteiger partial charge in [-0.1, -0.05) is 15.9 Å². The Morgan fingerprint density at radius 1 is 1.70 bits per heavy atom. The zero-order valence-corrected chi connectivity index (χ0v) is 7.35. The van der Waals surface area contributed by atoms with Crippen molar-refractivity contribution in [3.05, 3.63) is 23.5 Å². The Hall–Kier alpha value is -0.570. The maximum atomic E-state index is 5.64. The van der Waals surface area contributed by atoms with E-state index in [1.807, 2.05) is 13.0 Å². The summed E-state index contributed by atoms with van der Waals surface area (Å²) >= 11 is 3.30. The Morgan fingerprint density at radius 3 is 2.90 bits per heavy atom.